The van der Waals surface area contributed by atoms with E-state index in [1.165, 1.54) is 26.0 Å². The maximum atomic E-state index is 13.7. The molecule has 23 heavy (non-hydrogen) atoms. The Morgan fingerprint density at radius 2 is 2.09 bits per heavy atom. The van der Waals surface area contributed by atoms with Crippen molar-refractivity contribution < 1.29 is 9.13 Å². The van der Waals surface area contributed by atoms with Crippen molar-refractivity contribution in [1.82, 2.24) is 10.2 Å². The summed E-state index contributed by atoms with van der Waals surface area (Å²) in [5, 5.41) is 3.33. The zero-order valence-electron chi connectivity index (χ0n) is 14.1. The molecule has 1 aromatic carbocycles. The van der Waals surface area contributed by atoms with Crippen LogP contribution in [-0.4, -0.2) is 37.6 Å². The van der Waals surface area contributed by atoms with Gasteiger partial charge in [-0.25, -0.2) is 9.38 Å². The molecule has 0 saturated carbocycles. The predicted octanol–water partition coefficient (Wildman–Crippen LogP) is 3.65. The number of guanidine groups is 1. The SMILES string of the molecule is CCNC(=NCc1ccc(OC)c(F)c1)N1CCC(C)CC1.I. The van der Waals surface area contributed by atoms with Crippen LogP contribution in [0.2, 0.25) is 0 Å². The van der Waals surface area contributed by atoms with Gasteiger partial charge in [0.15, 0.2) is 17.5 Å². The van der Waals surface area contributed by atoms with Crippen LogP contribution in [0, 0.1) is 11.7 Å². The zero-order chi connectivity index (χ0) is 15.9. The zero-order valence-corrected chi connectivity index (χ0v) is 16.5. The second-order valence-corrected chi connectivity index (χ2v) is 5.81. The maximum Gasteiger partial charge on any atom is 0.194 e. The molecule has 0 aliphatic carbocycles. The van der Waals surface area contributed by atoms with Crippen molar-refractivity contribution in [1.29, 1.82) is 0 Å². The molecule has 130 valence electrons. The first-order valence-electron chi connectivity index (χ1n) is 7.99. The van der Waals surface area contributed by atoms with Gasteiger partial charge in [0, 0.05) is 19.6 Å². The number of hydrogen-bond acceptors (Lipinski definition) is 2. The summed E-state index contributed by atoms with van der Waals surface area (Å²) in [5.41, 5.74) is 0.846. The summed E-state index contributed by atoms with van der Waals surface area (Å²) in [6.45, 7) is 7.72. The highest BCUT2D eigenvalue weighted by atomic mass is 127. The molecule has 0 radical (unpaired) electrons. The van der Waals surface area contributed by atoms with Gasteiger partial charge in [0.05, 0.1) is 13.7 Å². The number of hydrogen-bond donors (Lipinski definition) is 1. The van der Waals surface area contributed by atoms with Gasteiger partial charge >= 0.3 is 0 Å². The number of nitrogens with zero attached hydrogens (tertiary/aromatic N) is 2. The molecule has 1 heterocycles. The van der Waals surface area contributed by atoms with E-state index in [1.807, 2.05) is 6.07 Å². The Bertz CT molecular complexity index is 517. The molecule has 6 heteroatoms. The van der Waals surface area contributed by atoms with Crippen molar-refractivity contribution in [3.05, 3.63) is 29.6 Å². The quantitative estimate of drug-likeness (QED) is 0.446. The Labute approximate surface area is 155 Å². The number of halogens is 2. The third-order valence-corrected chi connectivity index (χ3v) is 4.05. The van der Waals surface area contributed by atoms with Gasteiger partial charge in [-0.1, -0.05) is 13.0 Å². The lowest BCUT2D eigenvalue weighted by molar-refractivity contribution is 0.273. The number of ether oxygens (including phenoxy) is 1. The van der Waals surface area contributed by atoms with E-state index in [2.05, 4.69) is 29.1 Å². The summed E-state index contributed by atoms with van der Waals surface area (Å²) in [7, 11) is 1.47. The average molecular weight is 435 g/mol. The van der Waals surface area contributed by atoms with Gasteiger partial charge in [-0.15, -0.1) is 24.0 Å². The van der Waals surface area contributed by atoms with Crippen LogP contribution >= 0.6 is 24.0 Å². The molecule has 0 spiro atoms. The molecule has 0 aromatic heterocycles. The van der Waals surface area contributed by atoms with Crippen molar-refractivity contribution in [3.63, 3.8) is 0 Å². The lowest BCUT2D eigenvalue weighted by Crippen LogP contribution is -2.45. The number of likely N-dealkylation sites (tertiary alicyclic amines) is 1. The van der Waals surface area contributed by atoms with Gasteiger partial charge in [0.2, 0.25) is 0 Å². The Balaban J connectivity index is 0.00000264. The van der Waals surface area contributed by atoms with Crippen molar-refractivity contribution >= 4 is 29.9 Å². The van der Waals surface area contributed by atoms with Crippen LogP contribution in [0.1, 0.15) is 32.3 Å². The Morgan fingerprint density at radius 3 is 2.65 bits per heavy atom. The van der Waals surface area contributed by atoms with Crippen molar-refractivity contribution in [2.75, 3.05) is 26.7 Å². The topological polar surface area (TPSA) is 36.9 Å². The minimum atomic E-state index is -0.341. The molecule has 4 nitrogen and oxygen atoms in total. The lowest BCUT2D eigenvalue weighted by Gasteiger charge is -2.33. The molecule has 1 saturated heterocycles. The number of aliphatic imine (C=N–C) groups is 1. The van der Waals surface area contributed by atoms with Crippen molar-refractivity contribution in [3.8, 4) is 5.75 Å². The van der Waals surface area contributed by atoms with E-state index in [9.17, 15) is 4.39 Å². The summed E-state index contributed by atoms with van der Waals surface area (Å²) in [6, 6.07) is 4.99. The van der Waals surface area contributed by atoms with Gasteiger partial charge in [-0.2, -0.15) is 0 Å². The molecule has 1 aliphatic rings. The number of methoxy groups -OCH3 is 1. The van der Waals surface area contributed by atoms with E-state index >= 15 is 0 Å². The van der Waals surface area contributed by atoms with E-state index < -0.39 is 0 Å². The highest BCUT2D eigenvalue weighted by Crippen LogP contribution is 2.19. The Hall–Kier alpha value is -1.05. The summed E-state index contributed by atoms with van der Waals surface area (Å²) in [5.74, 6) is 1.64. The number of nitrogens with one attached hydrogen (secondary N) is 1. The van der Waals surface area contributed by atoms with E-state index in [4.69, 9.17) is 4.74 Å². The minimum absolute atomic E-state index is 0. The smallest absolute Gasteiger partial charge is 0.194 e. The summed E-state index contributed by atoms with van der Waals surface area (Å²) in [4.78, 5) is 6.95. The van der Waals surface area contributed by atoms with E-state index in [0.29, 0.717) is 6.54 Å². The lowest BCUT2D eigenvalue weighted by atomic mass is 10.00. The Kier molecular flexibility index (Phi) is 8.65. The fourth-order valence-corrected chi connectivity index (χ4v) is 2.62. The predicted molar refractivity (Wildman–Crippen MR) is 103 cm³/mol. The fraction of sp³-hybridized carbons (Fsp3) is 0.588. The van der Waals surface area contributed by atoms with Crippen LogP contribution in [0.3, 0.4) is 0 Å². The van der Waals surface area contributed by atoms with Crippen LogP contribution in [-0.2, 0) is 6.54 Å². The average Bonchev–Trinajstić information content (AvgIpc) is 2.52. The molecular weight excluding hydrogens is 408 g/mol. The van der Waals surface area contributed by atoms with Crippen LogP contribution in [0.15, 0.2) is 23.2 Å². The molecule has 0 amide bonds. The van der Waals surface area contributed by atoms with E-state index in [0.717, 1.165) is 37.1 Å². The highest BCUT2D eigenvalue weighted by Gasteiger charge is 2.18. The van der Waals surface area contributed by atoms with E-state index in [-0.39, 0.29) is 35.5 Å². The van der Waals surface area contributed by atoms with Crippen LogP contribution < -0.4 is 10.1 Å². The molecule has 1 N–H and O–H groups in total. The van der Waals surface area contributed by atoms with Crippen molar-refractivity contribution in [2.45, 2.75) is 33.2 Å². The first-order chi connectivity index (χ1) is 10.6. The van der Waals surface area contributed by atoms with Crippen LogP contribution in [0.4, 0.5) is 4.39 Å². The van der Waals surface area contributed by atoms with Gasteiger partial charge in [-0.3, -0.25) is 0 Å². The molecule has 0 unspecified atom stereocenters. The third kappa shape index (κ3) is 5.82. The number of benzene rings is 1. The van der Waals surface area contributed by atoms with Gasteiger partial charge in [0.1, 0.15) is 0 Å². The second-order valence-electron chi connectivity index (χ2n) is 5.81. The van der Waals surface area contributed by atoms with Crippen molar-refractivity contribution in [2.24, 2.45) is 10.9 Å². The largest absolute Gasteiger partial charge is 0.494 e. The summed E-state index contributed by atoms with van der Waals surface area (Å²) < 4.78 is 18.7. The maximum absolute atomic E-state index is 13.7. The monoisotopic (exact) mass is 435 g/mol. The van der Waals surface area contributed by atoms with Gasteiger partial charge in [-0.05, 0) is 43.4 Å². The summed E-state index contributed by atoms with van der Waals surface area (Å²) >= 11 is 0. The Morgan fingerprint density at radius 1 is 1.39 bits per heavy atom. The standard InChI is InChI=1S/C17H26FN3O.HI/c1-4-19-17(21-9-7-13(2)8-10-21)20-12-14-5-6-16(22-3)15(18)11-14;/h5-6,11,13H,4,7-10,12H2,1-3H3,(H,19,20);1H. The van der Waals surface area contributed by atoms with Gasteiger partial charge < -0.3 is 15.0 Å². The third-order valence-electron chi connectivity index (χ3n) is 4.05. The molecule has 0 atom stereocenters. The summed E-state index contributed by atoms with van der Waals surface area (Å²) in [6.07, 6.45) is 2.39. The fourth-order valence-electron chi connectivity index (χ4n) is 2.62. The van der Waals surface area contributed by atoms with E-state index in [1.54, 1.807) is 6.07 Å². The minimum Gasteiger partial charge on any atom is -0.494 e. The van der Waals surface area contributed by atoms with Gasteiger partial charge in [0.25, 0.3) is 0 Å². The van der Waals surface area contributed by atoms with Crippen LogP contribution in [0.5, 0.6) is 5.75 Å². The second kappa shape index (κ2) is 9.95. The first kappa shape index (κ1) is 20.0. The van der Waals surface area contributed by atoms with Crippen LogP contribution in [0.25, 0.3) is 0 Å². The molecule has 1 aliphatic heterocycles. The molecular formula is C17H27FIN3O. The molecule has 0 bridgehead atoms. The number of rotatable bonds is 4. The normalized spacial score (nSPS) is 16.0. The highest BCUT2D eigenvalue weighted by molar-refractivity contribution is 14.0. The first-order valence-corrected chi connectivity index (χ1v) is 7.99. The number of piperidine rings is 1. The molecule has 1 aromatic rings. The molecule has 2 rings (SSSR count). The molecule has 1 fully saturated rings.